The maximum Gasteiger partial charge on any atom is 0.00933 e. The summed E-state index contributed by atoms with van der Waals surface area (Å²) in [6.07, 6.45) is 6.82. The first kappa shape index (κ1) is 14.3. The van der Waals surface area contributed by atoms with Crippen molar-refractivity contribution in [2.24, 2.45) is 0 Å². The topological polar surface area (TPSA) is 15.3 Å². The average Bonchev–Trinajstić information content (AvgIpc) is 2.34. The average molecular weight is 244 g/mol. The minimum atomic E-state index is 0.778. The van der Waals surface area contributed by atoms with Crippen LogP contribution in [0.25, 0.3) is 0 Å². The summed E-state index contributed by atoms with van der Waals surface area (Å²) in [5, 5.41) is 3.40. The van der Waals surface area contributed by atoms with Gasteiger partial charge in [0.25, 0.3) is 0 Å². The van der Waals surface area contributed by atoms with Gasteiger partial charge in [-0.15, -0.1) is 0 Å². The van der Waals surface area contributed by atoms with Gasteiger partial charge < -0.3 is 10.2 Å². The van der Waals surface area contributed by atoms with Gasteiger partial charge in [0.05, 0.1) is 0 Å². The first-order valence-corrected chi connectivity index (χ1v) is 7.88. The summed E-state index contributed by atoms with van der Waals surface area (Å²) in [4.78, 5) is 2.59. The lowest BCUT2D eigenvalue weighted by Crippen LogP contribution is -2.40. The molecular formula is C13H28N2S. The third-order valence-electron chi connectivity index (χ3n) is 3.73. The number of hydrogen-bond donors (Lipinski definition) is 1. The van der Waals surface area contributed by atoms with Crippen molar-refractivity contribution in [3.05, 3.63) is 0 Å². The van der Waals surface area contributed by atoms with Crippen LogP contribution in [0.15, 0.2) is 0 Å². The van der Waals surface area contributed by atoms with Crippen molar-refractivity contribution >= 4 is 11.8 Å². The van der Waals surface area contributed by atoms with Crippen molar-refractivity contribution in [2.75, 3.05) is 32.1 Å². The molecule has 0 aromatic carbocycles. The Labute approximate surface area is 106 Å². The highest BCUT2D eigenvalue weighted by Crippen LogP contribution is 2.22. The van der Waals surface area contributed by atoms with E-state index in [1.807, 2.05) is 0 Å². The third kappa shape index (κ3) is 5.07. The molecule has 1 aliphatic rings. The predicted molar refractivity (Wildman–Crippen MR) is 75.3 cm³/mol. The SMILES string of the molecule is CCSCCCN(C)C1CCC(NC)CC1. The van der Waals surface area contributed by atoms with Crippen molar-refractivity contribution in [3.63, 3.8) is 0 Å². The second-order valence-corrected chi connectivity index (χ2v) is 6.22. The van der Waals surface area contributed by atoms with Crippen molar-refractivity contribution < 1.29 is 0 Å². The Morgan fingerprint density at radius 2 is 1.94 bits per heavy atom. The zero-order valence-corrected chi connectivity index (χ0v) is 12.0. The molecule has 16 heavy (non-hydrogen) atoms. The fourth-order valence-electron chi connectivity index (χ4n) is 2.55. The van der Waals surface area contributed by atoms with Gasteiger partial charge in [0.2, 0.25) is 0 Å². The molecule has 1 saturated carbocycles. The Hall–Kier alpha value is 0.270. The minimum absolute atomic E-state index is 0.778. The Balaban J connectivity index is 2.10. The third-order valence-corrected chi connectivity index (χ3v) is 4.72. The van der Waals surface area contributed by atoms with Gasteiger partial charge in [0.1, 0.15) is 0 Å². The first-order chi connectivity index (χ1) is 7.77. The van der Waals surface area contributed by atoms with Gasteiger partial charge in [0.15, 0.2) is 0 Å². The minimum Gasteiger partial charge on any atom is -0.317 e. The number of thioether (sulfide) groups is 1. The van der Waals surface area contributed by atoms with Gasteiger partial charge in [-0.2, -0.15) is 11.8 Å². The molecule has 0 aromatic rings. The van der Waals surface area contributed by atoms with Crippen LogP contribution in [0.4, 0.5) is 0 Å². The molecule has 1 aliphatic carbocycles. The quantitative estimate of drug-likeness (QED) is 0.693. The molecule has 1 rings (SSSR count). The largest absolute Gasteiger partial charge is 0.317 e. The standard InChI is InChI=1S/C13H28N2S/c1-4-16-11-5-10-15(3)13-8-6-12(14-2)7-9-13/h12-14H,4-11H2,1-3H3. The van der Waals surface area contributed by atoms with Crippen LogP contribution in [0.3, 0.4) is 0 Å². The van der Waals surface area contributed by atoms with Gasteiger partial charge in [-0.3, -0.25) is 0 Å². The molecule has 3 heteroatoms. The first-order valence-electron chi connectivity index (χ1n) is 6.73. The van der Waals surface area contributed by atoms with Gasteiger partial charge in [0, 0.05) is 12.1 Å². The Morgan fingerprint density at radius 1 is 1.25 bits per heavy atom. The van der Waals surface area contributed by atoms with Crippen LogP contribution in [0.5, 0.6) is 0 Å². The summed E-state index contributed by atoms with van der Waals surface area (Å²) in [5.41, 5.74) is 0. The molecule has 96 valence electrons. The van der Waals surface area contributed by atoms with Crippen LogP contribution in [0, 0.1) is 0 Å². The van der Waals surface area contributed by atoms with E-state index in [1.165, 1.54) is 50.2 Å². The zero-order valence-electron chi connectivity index (χ0n) is 11.2. The van der Waals surface area contributed by atoms with E-state index in [0.717, 1.165) is 12.1 Å². The number of nitrogens with one attached hydrogen (secondary N) is 1. The lowest BCUT2D eigenvalue weighted by Gasteiger charge is -2.34. The Morgan fingerprint density at radius 3 is 2.50 bits per heavy atom. The second kappa shape index (κ2) is 8.37. The van der Waals surface area contributed by atoms with Crippen LogP contribution in [0.2, 0.25) is 0 Å². The predicted octanol–water partition coefficient (Wildman–Crippen LogP) is 2.59. The lowest BCUT2D eigenvalue weighted by atomic mass is 9.90. The van der Waals surface area contributed by atoms with E-state index in [2.05, 4.69) is 43.0 Å². The van der Waals surface area contributed by atoms with Crippen molar-refractivity contribution in [1.29, 1.82) is 0 Å². The molecule has 0 atom stereocenters. The smallest absolute Gasteiger partial charge is 0.00933 e. The summed E-state index contributed by atoms with van der Waals surface area (Å²) >= 11 is 2.06. The molecule has 1 N–H and O–H groups in total. The van der Waals surface area contributed by atoms with Crippen molar-refractivity contribution in [1.82, 2.24) is 10.2 Å². The molecule has 0 unspecified atom stereocenters. The molecule has 0 spiro atoms. The van der Waals surface area contributed by atoms with E-state index in [-0.39, 0.29) is 0 Å². The summed E-state index contributed by atoms with van der Waals surface area (Å²) in [7, 11) is 4.40. The summed E-state index contributed by atoms with van der Waals surface area (Å²) in [6, 6.07) is 1.62. The summed E-state index contributed by atoms with van der Waals surface area (Å²) in [6.45, 7) is 3.52. The van der Waals surface area contributed by atoms with Crippen molar-refractivity contribution in [2.45, 2.75) is 51.1 Å². The fraction of sp³-hybridized carbons (Fsp3) is 1.00. The molecule has 0 aliphatic heterocycles. The van der Waals surface area contributed by atoms with E-state index >= 15 is 0 Å². The van der Waals surface area contributed by atoms with E-state index in [9.17, 15) is 0 Å². The van der Waals surface area contributed by atoms with Gasteiger partial charge in [-0.1, -0.05) is 6.92 Å². The van der Waals surface area contributed by atoms with Crippen LogP contribution >= 0.6 is 11.8 Å². The van der Waals surface area contributed by atoms with Crippen LogP contribution in [-0.4, -0.2) is 49.1 Å². The molecule has 0 radical (unpaired) electrons. The van der Waals surface area contributed by atoms with Crippen LogP contribution in [0.1, 0.15) is 39.0 Å². The van der Waals surface area contributed by atoms with Crippen LogP contribution < -0.4 is 5.32 Å². The van der Waals surface area contributed by atoms with Gasteiger partial charge in [-0.05, 0) is 64.2 Å². The van der Waals surface area contributed by atoms with Crippen molar-refractivity contribution in [3.8, 4) is 0 Å². The maximum atomic E-state index is 3.40. The zero-order chi connectivity index (χ0) is 11.8. The molecule has 2 nitrogen and oxygen atoms in total. The van der Waals surface area contributed by atoms with Gasteiger partial charge in [-0.25, -0.2) is 0 Å². The van der Waals surface area contributed by atoms with E-state index < -0.39 is 0 Å². The second-order valence-electron chi connectivity index (χ2n) is 4.83. The fourth-order valence-corrected chi connectivity index (χ4v) is 3.17. The number of rotatable bonds is 7. The normalized spacial score (nSPS) is 26.2. The monoisotopic (exact) mass is 244 g/mol. The molecule has 0 saturated heterocycles. The molecule has 0 amide bonds. The highest BCUT2D eigenvalue weighted by atomic mass is 32.2. The summed E-state index contributed by atoms with van der Waals surface area (Å²) in [5.74, 6) is 2.59. The van der Waals surface area contributed by atoms with E-state index in [1.54, 1.807) is 0 Å². The van der Waals surface area contributed by atoms with E-state index in [4.69, 9.17) is 0 Å². The van der Waals surface area contributed by atoms with Crippen LogP contribution in [-0.2, 0) is 0 Å². The number of nitrogens with zero attached hydrogens (tertiary/aromatic N) is 1. The molecule has 0 heterocycles. The highest BCUT2D eigenvalue weighted by Gasteiger charge is 2.22. The molecule has 0 aromatic heterocycles. The van der Waals surface area contributed by atoms with E-state index in [0.29, 0.717) is 0 Å². The highest BCUT2D eigenvalue weighted by molar-refractivity contribution is 7.99. The molecular weight excluding hydrogens is 216 g/mol. The lowest BCUT2D eigenvalue weighted by molar-refractivity contribution is 0.177. The molecule has 0 bridgehead atoms. The van der Waals surface area contributed by atoms with Gasteiger partial charge >= 0.3 is 0 Å². The number of hydrogen-bond acceptors (Lipinski definition) is 3. The summed E-state index contributed by atoms with van der Waals surface area (Å²) < 4.78 is 0. The molecule has 1 fully saturated rings. The Bertz CT molecular complexity index is 167. The Kier molecular flexibility index (Phi) is 7.50. The maximum absolute atomic E-state index is 3.40.